The third-order valence-corrected chi connectivity index (χ3v) is 5.74. The molecule has 3 heteroatoms. The molecule has 0 heterocycles. The predicted octanol–water partition coefficient (Wildman–Crippen LogP) is 6.06. The lowest BCUT2D eigenvalue weighted by Crippen LogP contribution is -2.40. The van der Waals surface area contributed by atoms with E-state index in [-0.39, 0.29) is 18.8 Å². The summed E-state index contributed by atoms with van der Waals surface area (Å²) in [5.74, 6) is 0. The molecule has 0 aromatic heterocycles. The summed E-state index contributed by atoms with van der Waals surface area (Å²) in [4.78, 5) is 4.38. The maximum atomic E-state index is 10.6. The smallest absolute Gasteiger partial charge is 0.116 e. The summed E-state index contributed by atoms with van der Waals surface area (Å²) in [7, 11) is 2.13. The molecule has 0 bridgehead atoms. The minimum atomic E-state index is -0.110. The van der Waals surface area contributed by atoms with Gasteiger partial charge in [0.1, 0.15) is 6.73 Å². The highest BCUT2D eigenvalue weighted by atomic mass is 16.3. The summed E-state index contributed by atoms with van der Waals surface area (Å²) < 4.78 is 0. The Morgan fingerprint density at radius 1 is 0.548 bits per heavy atom. The standard InChI is InChI=1S/C28H28N2O/c1-29(25-18-10-4-11-19-25)27(23-14-6-2-7-15-23)28(24-16-8-3-9-17-24)30(22-31)26-20-12-5-13-21-26/h2-21,27-28,31H,22H2,1H3. The van der Waals surface area contributed by atoms with Crippen LogP contribution in [0.1, 0.15) is 23.2 Å². The molecule has 0 aliphatic heterocycles. The van der Waals surface area contributed by atoms with Crippen LogP contribution < -0.4 is 9.80 Å². The molecule has 4 aromatic carbocycles. The van der Waals surface area contributed by atoms with Gasteiger partial charge in [0.05, 0.1) is 12.1 Å². The van der Waals surface area contributed by atoms with Crippen LogP contribution in [0.2, 0.25) is 0 Å². The van der Waals surface area contributed by atoms with Crippen molar-refractivity contribution in [1.82, 2.24) is 0 Å². The molecular weight excluding hydrogens is 380 g/mol. The summed E-state index contributed by atoms with van der Waals surface area (Å²) in [6.07, 6.45) is 0. The van der Waals surface area contributed by atoms with Crippen LogP contribution in [0.25, 0.3) is 0 Å². The number of rotatable bonds is 8. The van der Waals surface area contributed by atoms with E-state index in [1.54, 1.807) is 0 Å². The fourth-order valence-corrected chi connectivity index (χ4v) is 4.22. The van der Waals surface area contributed by atoms with Crippen LogP contribution in [0.4, 0.5) is 11.4 Å². The molecule has 4 aromatic rings. The van der Waals surface area contributed by atoms with Crippen LogP contribution in [0.15, 0.2) is 121 Å². The number of para-hydroxylation sites is 2. The van der Waals surface area contributed by atoms with Crippen molar-refractivity contribution in [1.29, 1.82) is 0 Å². The second-order valence-corrected chi connectivity index (χ2v) is 7.60. The lowest BCUT2D eigenvalue weighted by Gasteiger charge is -2.43. The normalized spacial score (nSPS) is 12.7. The van der Waals surface area contributed by atoms with Gasteiger partial charge in [-0.05, 0) is 35.4 Å². The SMILES string of the molecule is CN(c1ccccc1)C(c1ccccc1)C(c1ccccc1)N(CO)c1ccccc1. The quantitative estimate of drug-likeness (QED) is 0.359. The molecule has 0 amide bonds. The molecule has 0 aliphatic rings. The van der Waals surface area contributed by atoms with Gasteiger partial charge in [0, 0.05) is 18.4 Å². The second-order valence-electron chi connectivity index (χ2n) is 7.60. The van der Waals surface area contributed by atoms with Crippen molar-refractivity contribution < 1.29 is 5.11 Å². The zero-order chi connectivity index (χ0) is 21.5. The Labute approximate surface area is 184 Å². The summed E-state index contributed by atoms with van der Waals surface area (Å²) in [5.41, 5.74) is 4.46. The van der Waals surface area contributed by atoms with Crippen molar-refractivity contribution in [2.45, 2.75) is 12.1 Å². The Bertz CT molecular complexity index is 1040. The monoisotopic (exact) mass is 408 g/mol. The zero-order valence-electron chi connectivity index (χ0n) is 17.8. The molecule has 0 aliphatic carbocycles. The number of benzene rings is 4. The molecule has 31 heavy (non-hydrogen) atoms. The number of aliphatic hydroxyl groups excluding tert-OH is 1. The molecular formula is C28H28N2O. The van der Waals surface area contributed by atoms with Gasteiger partial charge in [-0.3, -0.25) is 0 Å². The van der Waals surface area contributed by atoms with Crippen LogP contribution >= 0.6 is 0 Å². The maximum absolute atomic E-state index is 10.6. The Kier molecular flexibility index (Phi) is 6.65. The van der Waals surface area contributed by atoms with Gasteiger partial charge in [-0.15, -0.1) is 0 Å². The Balaban J connectivity index is 1.90. The van der Waals surface area contributed by atoms with E-state index in [9.17, 15) is 5.11 Å². The first kappa shape index (κ1) is 20.7. The Morgan fingerprint density at radius 3 is 1.39 bits per heavy atom. The number of anilines is 2. The number of nitrogens with zero attached hydrogens (tertiary/aromatic N) is 2. The van der Waals surface area contributed by atoms with E-state index >= 15 is 0 Å². The highest BCUT2D eigenvalue weighted by Gasteiger charge is 2.33. The van der Waals surface area contributed by atoms with Crippen molar-refractivity contribution in [2.24, 2.45) is 0 Å². The molecule has 0 radical (unpaired) electrons. The van der Waals surface area contributed by atoms with Crippen LogP contribution in [0, 0.1) is 0 Å². The molecule has 4 rings (SSSR count). The molecule has 0 spiro atoms. The average Bonchev–Trinajstić information content (AvgIpc) is 2.86. The van der Waals surface area contributed by atoms with Crippen LogP contribution in [-0.2, 0) is 0 Å². The minimum absolute atomic E-state index is 0.0293. The lowest BCUT2D eigenvalue weighted by atomic mass is 9.90. The number of aliphatic hydroxyl groups is 1. The second kappa shape index (κ2) is 9.96. The van der Waals surface area contributed by atoms with Gasteiger partial charge in [0.2, 0.25) is 0 Å². The van der Waals surface area contributed by atoms with Gasteiger partial charge in [-0.25, -0.2) is 0 Å². The number of hydrogen-bond acceptors (Lipinski definition) is 3. The van der Waals surface area contributed by atoms with E-state index in [1.807, 2.05) is 36.4 Å². The predicted molar refractivity (Wildman–Crippen MR) is 129 cm³/mol. The van der Waals surface area contributed by atoms with Gasteiger partial charge >= 0.3 is 0 Å². The summed E-state index contributed by atoms with van der Waals surface area (Å²) in [6.45, 7) is -0.0878. The minimum Gasteiger partial charge on any atom is -0.376 e. The Morgan fingerprint density at radius 2 is 0.935 bits per heavy atom. The van der Waals surface area contributed by atoms with Gasteiger partial charge in [0.25, 0.3) is 0 Å². The van der Waals surface area contributed by atoms with Crippen LogP contribution in [0.3, 0.4) is 0 Å². The molecule has 0 saturated carbocycles. The van der Waals surface area contributed by atoms with Crippen molar-refractivity contribution in [3.8, 4) is 0 Å². The first-order chi connectivity index (χ1) is 15.3. The molecule has 2 atom stereocenters. The van der Waals surface area contributed by atoms with Crippen molar-refractivity contribution >= 4 is 11.4 Å². The van der Waals surface area contributed by atoms with E-state index in [4.69, 9.17) is 0 Å². The van der Waals surface area contributed by atoms with Crippen molar-refractivity contribution in [2.75, 3.05) is 23.6 Å². The van der Waals surface area contributed by atoms with E-state index in [1.165, 1.54) is 5.56 Å². The maximum Gasteiger partial charge on any atom is 0.116 e. The summed E-state index contributed by atoms with van der Waals surface area (Å²) >= 11 is 0. The highest BCUT2D eigenvalue weighted by molar-refractivity contribution is 5.54. The van der Waals surface area contributed by atoms with E-state index in [0.717, 1.165) is 16.9 Å². The number of hydrogen-bond donors (Lipinski definition) is 1. The molecule has 0 saturated heterocycles. The van der Waals surface area contributed by atoms with Crippen molar-refractivity contribution in [3.63, 3.8) is 0 Å². The topological polar surface area (TPSA) is 26.7 Å². The van der Waals surface area contributed by atoms with E-state index in [2.05, 4.69) is 102 Å². The third-order valence-electron chi connectivity index (χ3n) is 5.74. The van der Waals surface area contributed by atoms with Crippen LogP contribution in [-0.4, -0.2) is 18.9 Å². The molecule has 2 unspecified atom stereocenters. The van der Waals surface area contributed by atoms with E-state index < -0.39 is 0 Å². The summed E-state index contributed by atoms with van der Waals surface area (Å²) in [5, 5.41) is 10.6. The highest BCUT2D eigenvalue weighted by Crippen LogP contribution is 2.41. The van der Waals surface area contributed by atoms with Crippen LogP contribution in [0.5, 0.6) is 0 Å². The first-order valence-corrected chi connectivity index (χ1v) is 10.6. The van der Waals surface area contributed by atoms with Gasteiger partial charge in [-0.2, -0.15) is 0 Å². The molecule has 1 N–H and O–H groups in total. The summed E-state index contributed by atoms with van der Waals surface area (Å²) in [6, 6.07) is 41.4. The third kappa shape index (κ3) is 4.62. The van der Waals surface area contributed by atoms with Gasteiger partial charge in [0.15, 0.2) is 0 Å². The van der Waals surface area contributed by atoms with E-state index in [0.29, 0.717) is 0 Å². The van der Waals surface area contributed by atoms with Gasteiger partial charge in [-0.1, -0.05) is 97.1 Å². The molecule has 156 valence electrons. The first-order valence-electron chi connectivity index (χ1n) is 10.6. The Hall–Kier alpha value is -3.56. The number of likely N-dealkylation sites (N-methyl/N-ethyl adjacent to an activating group) is 1. The fourth-order valence-electron chi connectivity index (χ4n) is 4.22. The zero-order valence-corrected chi connectivity index (χ0v) is 17.8. The molecule has 0 fully saturated rings. The molecule has 3 nitrogen and oxygen atoms in total. The average molecular weight is 409 g/mol. The van der Waals surface area contributed by atoms with Gasteiger partial charge < -0.3 is 14.9 Å². The lowest BCUT2D eigenvalue weighted by molar-refractivity contribution is 0.268. The largest absolute Gasteiger partial charge is 0.376 e. The fraction of sp³-hybridized carbons (Fsp3) is 0.143. The van der Waals surface area contributed by atoms with Crippen molar-refractivity contribution in [3.05, 3.63) is 132 Å².